The van der Waals surface area contributed by atoms with E-state index in [0.717, 1.165) is 0 Å². The molecule has 0 N–H and O–H groups in total. The Bertz CT molecular complexity index is 1000. The van der Waals surface area contributed by atoms with Crippen LogP contribution in [0.25, 0.3) is 24.3 Å². The minimum absolute atomic E-state index is 0.0632. The molecule has 2 aromatic carbocycles. The molecule has 0 bridgehead atoms. The largest absolute Gasteiger partial charge is 0.465 e. The van der Waals surface area contributed by atoms with Crippen LogP contribution in [0.3, 0.4) is 0 Å². The molecule has 0 amide bonds. The number of carbonyl (C=O) groups excluding carboxylic acids is 4. The summed E-state index contributed by atoms with van der Waals surface area (Å²) >= 11 is 0. The summed E-state index contributed by atoms with van der Waals surface area (Å²) in [7, 11) is 4.89. The van der Waals surface area contributed by atoms with Crippen LogP contribution < -0.4 is 0 Å². The van der Waals surface area contributed by atoms with E-state index in [1.165, 1.54) is 52.7 Å². The van der Waals surface area contributed by atoms with Crippen LogP contribution >= 0.6 is 0 Å². The van der Waals surface area contributed by atoms with Gasteiger partial charge in [0.1, 0.15) is 0 Å². The van der Waals surface area contributed by atoms with E-state index < -0.39 is 23.9 Å². The fourth-order valence-corrected chi connectivity index (χ4v) is 3.32. The highest BCUT2D eigenvalue weighted by Gasteiger charge is 2.23. The molecular formula is C24H20O8. The molecule has 0 spiro atoms. The van der Waals surface area contributed by atoms with E-state index in [1.807, 2.05) is 0 Å². The van der Waals surface area contributed by atoms with Gasteiger partial charge in [-0.15, -0.1) is 0 Å². The first-order chi connectivity index (χ1) is 15.3. The predicted octanol–water partition coefficient (Wildman–Crippen LogP) is 3.49. The summed E-state index contributed by atoms with van der Waals surface area (Å²) in [5.74, 6) is -2.71. The SMILES string of the molecule is COC(=O)c1cc2c(cc1C(=O)OC)/C=C\c1cc(C(=O)OC)c(C(=O)OC)cc1C=C2. The van der Waals surface area contributed by atoms with Crippen molar-refractivity contribution in [2.75, 3.05) is 28.4 Å². The van der Waals surface area contributed by atoms with Crippen LogP contribution in [0.1, 0.15) is 63.7 Å². The molecule has 0 aromatic heterocycles. The first-order valence-corrected chi connectivity index (χ1v) is 9.40. The number of ether oxygens (including phenoxy) is 4. The molecule has 8 heteroatoms. The molecule has 0 saturated heterocycles. The zero-order valence-corrected chi connectivity index (χ0v) is 17.9. The minimum Gasteiger partial charge on any atom is -0.465 e. The summed E-state index contributed by atoms with van der Waals surface area (Å²) in [5.41, 5.74) is 2.80. The Balaban J connectivity index is 2.20. The summed E-state index contributed by atoms with van der Waals surface area (Å²) in [6.45, 7) is 0. The van der Waals surface area contributed by atoms with E-state index >= 15 is 0 Å². The molecule has 0 radical (unpaired) electrons. The molecule has 3 rings (SSSR count). The van der Waals surface area contributed by atoms with E-state index in [1.54, 1.807) is 24.3 Å². The van der Waals surface area contributed by atoms with E-state index in [2.05, 4.69) is 0 Å². The lowest BCUT2D eigenvalue weighted by molar-refractivity contribution is 0.0555. The topological polar surface area (TPSA) is 105 Å². The van der Waals surface area contributed by atoms with Gasteiger partial charge < -0.3 is 18.9 Å². The Hall–Kier alpha value is -4.20. The van der Waals surface area contributed by atoms with Crippen molar-refractivity contribution in [3.8, 4) is 0 Å². The lowest BCUT2D eigenvalue weighted by Gasteiger charge is -2.14. The summed E-state index contributed by atoms with van der Waals surface area (Å²) in [5, 5.41) is 0. The fourth-order valence-electron chi connectivity index (χ4n) is 3.32. The van der Waals surface area contributed by atoms with E-state index in [9.17, 15) is 19.2 Å². The van der Waals surface area contributed by atoms with Gasteiger partial charge in [-0.25, -0.2) is 19.2 Å². The van der Waals surface area contributed by atoms with Crippen LogP contribution in [-0.2, 0) is 18.9 Å². The van der Waals surface area contributed by atoms with Crippen molar-refractivity contribution in [1.29, 1.82) is 0 Å². The van der Waals surface area contributed by atoms with Gasteiger partial charge in [0, 0.05) is 0 Å². The second-order valence-corrected chi connectivity index (χ2v) is 6.69. The number of hydrogen-bond acceptors (Lipinski definition) is 8. The first-order valence-electron chi connectivity index (χ1n) is 9.40. The Kier molecular flexibility index (Phi) is 6.53. The number of benzene rings is 2. The average Bonchev–Trinajstić information content (AvgIpc) is 2.82. The fraction of sp³-hybridized carbons (Fsp3) is 0.167. The quantitative estimate of drug-likeness (QED) is 0.452. The lowest BCUT2D eigenvalue weighted by Crippen LogP contribution is -2.13. The molecule has 0 saturated carbocycles. The molecule has 0 unspecified atom stereocenters. The molecule has 0 heterocycles. The third kappa shape index (κ3) is 4.15. The number of fused-ring (bicyclic) bond motifs is 2. The Morgan fingerprint density at radius 3 is 0.781 bits per heavy atom. The molecule has 164 valence electrons. The summed E-state index contributed by atoms with van der Waals surface area (Å²) in [6, 6.07) is 6.12. The van der Waals surface area contributed by atoms with Gasteiger partial charge >= 0.3 is 23.9 Å². The second kappa shape index (κ2) is 9.30. The van der Waals surface area contributed by atoms with Crippen molar-refractivity contribution in [3.63, 3.8) is 0 Å². The van der Waals surface area contributed by atoms with Crippen molar-refractivity contribution < 1.29 is 38.1 Å². The van der Waals surface area contributed by atoms with E-state index in [0.29, 0.717) is 22.3 Å². The van der Waals surface area contributed by atoms with E-state index in [-0.39, 0.29) is 22.3 Å². The highest BCUT2D eigenvalue weighted by molar-refractivity contribution is 6.06. The number of carbonyl (C=O) groups is 4. The van der Waals surface area contributed by atoms with Crippen molar-refractivity contribution >= 4 is 48.2 Å². The zero-order valence-electron chi connectivity index (χ0n) is 17.9. The Morgan fingerprint density at radius 2 is 0.625 bits per heavy atom. The first kappa shape index (κ1) is 22.5. The molecule has 8 nitrogen and oxygen atoms in total. The second-order valence-electron chi connectivity index (χ2n) is 6.69. The summed E-state index contributed by atoms with van der Waals surface area (Å²) in [4.78, 5) is 48.8. The van der Waals surface area contributed by atoms with Crippen LogP contribution in [0.2, 0.25) is 0 Å². The van der Waals surface area contributed by atoms with Gasteiger partial charge in [-0.3, -0.25) is 0 Å². The molecule has 0 fully saturated rings. The monoisotopic (exact) mass is 436 g/mol. The van der Waals surface area contributed by atoms with Crippen LogP contribution in [0.5, 0.6) is 0 Å². The molecular weight excluding hydrogens is 416 g/mol. The predicted molar refractivity (Wildman–Crippen MR) is 116 cm³/mol. The van der Waals surface area contributed by atoms with Crippen molar-refractivity contribution in [1.82, 2.24) is 0 Å². The van der Waals surface area contributed by atoms with Crippen LogP contribution in [0.4, 0.5) is 0 Å². The van der Waals surface area contributed by atoms with Gasteiger partial charge in [0.15, 0.2) is 0 Å². The summed E-state index contributed by atoms with van der Waals surface area (Å²) < 4.78 is 19.2. The molecule has 0 aliphatic heterocycles. The summed E-state index contributed by atoms with van der Waals surface area (Å²) in [6.07, 6.45) is 6.90. The minimum atomic E-state index is -0.677. The van der Waals surface area contributed by atoms with Crippen LogP contribution in [0.15, 0.2) is 24.3 Å². The Labute approximate surface area is 184 Å². The van der Waals surface area contributed by atoms with Gasteiger partial charge in [0.25, 0.3) is 0 Å². The molecule has 32 heavy (non-hydrogen) atoms. The number of hydrogen-bond donors (Lipinski definition) is 0. The Morgan fingerprint density at radius 1 is 0.438 bits per heavy atom. The third-order valence-corrected chi connectivity index (χ3v) is 4.95. The maximum atomic E-state index is 12.2. The molecule has 1 aliphatic carbocycles. The maximum absolute atomic E-state index is 12.2. The third-order valence-electron chi connectivity index (χ3n) is 4.95. The van der Waals surface area contributed by atoms with Gasteiger partial charge in [-0.05, 0) is 46.5 Å². The number of esters is 4. The van der Waals surface area contributed by atoms with Crippen molar-refractivity contribution in [2.24, 2.45) is 0 Å². The van der Waals surface area contributed by atoms with E-state index in [4.69, 9.17) is 18.9 Å². The number of rotatable bonds is 4. The van der Waals surface area contributed by atoms with Gasteiger partial charge in [-0.2, -0.15) is 0 Å². The van der Waals surface area contributed by atoms with Crippen LogP contribution in [0, 0.1) is 0 Å². The molecule has 0 atom stereocenters. The highest BCUT2D eigenvalue weighted by Crippen LogP contribution is 2.29. The van der Waals surface area contributed by atoms with Crippen LogP contribution in [-0.4, -0.2) is 52.3 Å². The lowest BCUT2D eigenvalue weighted by atomic mass is 9.92. The number of methoxy groups -OCH3 is 4. The maximum Gasteiger partial charge on any atom is 0.338 e. The standard InChI is InChI=1S/C24H20O8/c1-29-21(25)17-9-13-5-6-15-11-19(23(27)31-3)20(24(28)32-4)12-16(15)8-7-14(13)10-18(17)22(26)30-2/h5-12H,1-4H3/b6-5-,8-7?,13-5?,14-7?,15-6?,16-8?. The smallest absolute Gasteiger partial charge is 0.338 e. The van der Waals surface area contributed by atoms with Gasteiger partial charge in [-0.1, -0.05) is 24.3 Å². The zero-order chi connectivity index (χ0) is 23.4. The normalized spacial score (nSPS) is 12.4. The molecule has 2 aromatic rings. The van der Waals surface area contributed by atoms with Gasteiger partial charge in [0.05, 0.1) is 50.7 Å². The highest BCUT2D eigenvalue weighted by atomic mass is 16.5. The average molecular weight is 436 g/mol. The van der Waals surface area contributed by atoms with Gasteiger partial charge in [0.2, 0.25) is 0 Å². The molecule has 1 aliphatic rings. The van der Waals surface area contributed by atoms with Crippen molar-refractivity contribution in [2.45, 2.75) is 0 Å². The van der Waals surface area contributed by atoms with Crippen molar-refractivity contribution in [3.05, 3.63) is 68.8 Å².